The quantitative estimate of drug-likeness (QED) is 0.416. The zero-order valence-corrected chi connectivity index (χ0v) is 12.2. The van der Waals surface area contributed by atoms with E-state index >= 15 is 0 Å². The summed E-state index contributed by atoms with van der Waals surface area (Å²) in [7, 11) is 1.63. The third-order valence-corrected chi connectivity index (χ3v) is 3.29. The van der Waals surface area contributed by atoms with Gasteiger partial charge in [0.15, 0.2) is 0 Å². The van der Waals surface area contributed by atoms with Crippen molar-refractivity contribution >= 4 is 11.8 Å². The van der Waals surface area contributed by atoms with Crippen LogP contribution >= 0.6 is 11.8 Å². The van der Waals surface area contributed by atoms with Crippen molar-refractivity contribution in [1.29, 1.82) is 0 Å². The summed E-state index contributed by atoms with van der Waals surface area (Å²) in [5.74, 6) is 1.98. The molecule has 0 radical (unpaired) electrons. The fourth-order valence-corrected chi connectivity index (χ4v) is 2.12. The Bertz CT molecular complexity index is 174. The first kappa shape index (κ1) is 18.1. The molecule has 0 fully saturated rings. The van der Waals surface area contributed by atoms with Gasteiger partial charge in [-0.1, -0.05) is 0 Å². The molecule has 0 aromatic rings. The highest BCUT2D eigenvalue weighted by Gasteiger charge is 2.07. The number of methoxy groups -OCH3 is 1. The van der Waals surface area contributed by atoms with E-state index in [2.05, 4.69) is 5.32 Å². The molecule has 2 unspecified atom stereocenters. The summed E-state index contributed by atoms with van der Waals surface area (Å²) in [6.07, 6.45) is 0.379. The van der Waals surface area contributed by atoms with Crippen molar-refractivity contribution in [1.82, 2.24) is 5.32 Å². The van der Waals surface area contributed by atoms with Gasteiger partial charge in [-0.15, -0.1) is 0 Å². The third kappa shape index (κ3) is 12.6. The Kier molecular flexibility index (Phi) is 13.7. The molecule has 0 rings (SSSR count). The molecular weight excluding hydrogens is 254 g/mol. The number of hydrogen-bond donors (Lipinski definition) is 3. The van der Waals surface area contributed by atoms with E-state index in [-0.39, 0.29) is 12.7 Å². The van der Waals surface area contributed by atoms with Crippen molar-refractivity contribution in [3.63, 3.8) is 0 Å². The molecule has 6 heteroatoms. The topological polar surface area (TPSA) is 71.0 Å². The minimum absolute atomic E-state index is 0.0127. The normalized spacial score (nSPS) is 14.7. The molecule has 0 heterocycles. The summed E-state index contributed by atoms with van der Waals surface area (Å²) in [5, 5.41) is 21.4. The van der Waals surface area contributed by atoms with E-state index in [0.717, 1.165) is 24.5 Å². The van der Waals surface area contributed by atoms with Crippen LogP contribution in [-0.4, -0.2) is 73.9 Å². The van der Waals surface area contributed by atoms with Crippen molar-refractivity contribution in [2.45, 2.75) is 25.6 Å². The Morgan fingerprint density at radius 2 is 2.06 bits per heavy atom. The minimum Gasteiger partial charge on any atom is -0.396 e. The van der Waals surface area contributed by atoms with E-state index in [4.69, 9.17) is 14.6 Å². The third-order valence-electron chi connectivity index (χ3n) is 2.22. The van der Waals surface area contributed by atoms with Gasteiger partial charge >= 0.3 is 0 Å². The average Bonchev–Trinajstić information content (AvgIpc) is 2.35. The molecule has 3 N–H and O–H groups in total. The van der Waals surface area contributed by atoms with E-state index in [1.54, 1.807) is 18.9 Å². The number of aliphatic hydroxyl groups excluding tert-OH is 2. The van der Waals surface area contributed by atoms with Crippen molar-refractivity contribution < 1.29 is 19.7 Å². The van der Waals surface area contributed by atoms with Gasteiger partial charge < -0.3 is 25.0 Å². The minimum atomic E-state index is -0.480. The fourth-order valence-electron chi connectivity index (χ4n) is 1.30. The van der Waals surface area contributed by atoms with Crippen LogP contribution in [0.25, 0.3) is 0 Å². The Morgan fingerprint density at radius 3 is 2.72 bits per heavy atom. The van der Waals surface area contributed by atoms with Crippen LogP contribution in [0, 0.1) is 0 Å². The maximum Gasteiger partial charge on any atom is 0.0897 e. The first-order valence-electron chi connectivity index (χ1n) is 6.38. The van der Waals surface area contributed by atoms with Crippen molar-refractivity contribution in [2.75, 3.05) is 51.5 Å². The van der Waals surface area contributed by atoms with Gasteiger partial charge in [-0.25, -0.2) is 0 Å². The SMILES string of the molecule is COCC(C)OCC(O)CNCCSCCCO. The van der Waals surface area contributed by atoms with Crippen LogP contribution in [0.3, 0.4) is 0 Å². The summed E-state index contributed by atoms with van der Waals surface area (Å²) < 4.78 is 10.3. The first-order chi connectivity index (χ1) is 8.70. The van der Waals surface area contributed by atoms with Gasteiger partial charge in [0.2, 0.25) is 0 Å². The molecule has 0 aliphatic carbocycles. The molecule has 0 aliphatic rings. The Hall–Kier alpha value is 0.150. The molecule has 0 aliphatic heterocycles. The maximum atomic E-state index is 9.64. The van der Waals surface area contributed by atoms with Crippen LogP contribution in [0.1, 0.15) is 13.3 Å². The zero-order valence-electron chi connectivity index (χ0n) is 11.4. The van der Waals surface area contributed by atoms with Gasteiger partial charge in [0, 0.05) is 32.6 Å². The highest BCUT2D eigenvalue weighted by atomic mass is 32.2. The molecule has 0 aromatic carbocycles. The lowest BCUT2D eigenvalue weighted by molar-refractivity contribution is -0.0309. The number of hydrogen-bond acceptors (Lipinski definition) is 6. The maximum absolute atomic E-state index is 9.64. The average molecular weight is 281 g/mol. The second kappa shape index (κ2) is 13.6. The van der Waals surface area contributed by atoms with Crippen LogP contribution in [0.5, 0.6) is 0 Å². The highest BCUT2D eigenvalue weighted by molar-refractivity contribution is 7.99. The number of aliphatic hydroxyl groups is 2. The van der Waals surface area contributed by atoms with Crippen LogP contribution in [0.15, 0.2) is 0 Å². The van der Waals surface area contributed by atoms with E-state index in [0.29, 0.717) is 19.8 Å². The molecule has 0 spiro atoms. The number of nitrogens with one attached hydrogen (secondary N) is 1. The largest absolute Gasteiger partial charge is 0.396 e. The molecular formula is C12H27NO4S. The molecule has 110 valence electrons. The van der Waals surface area contributed by atoms with E-state index in [1.165, 1.54) is 0 Å². The lowest BCUT2D eigenvalue weighted by Crippen LogP contribution is -2.33. The zero-order chi connectivity index (χ0) is 13.6. The molecule has 0 aromatic heterocycles. The van der Waals surface area contributed by atoms with E-state index < -0.39 is 6.10 Å². The Morgan fingerprint density at radius 1 is 1.28 bits per heavy atom. The molecule has 0 amide bonds. The molecule has 2 atom stereocenters. The molecule has 0 bridgehead atoms. The predicted octanol–water partition coefficient (Wildman–Crippen LogP) is 0.104. The number of thioether (sulfide) groups is 1. The van der Waals surface area contributed by atoms with Gasteiger partial charge in [0.25, 0.3) is 0 Å². The smallest absolute Gasteiger partial charge is 0.0897 e. The summed E-state index contributed by atoms with van der Waals surface area (Å²) in [5.41, 5.74) is 0. The lowest BCUT2D eigenvalue weighted by atomic mass is 10.3. The summed E-state index contributed by atoms with van der Waals surface area (Å²) in [6.45, 7) is 4.45. The summed E-state index contributed by atoms with van der Waals surface area (Å²) in [6, 6.07) is 0. The van der Waals surface area contributed by atoms with E-state index in [9.17, 15) is 5.11 Å². The van der Waals surface area contributed by atoms with Gasteiger partial charge in [0.05, 0.1) is 25.4 Å². The standard InChI is InChI=1S/C12H27NO4S/c1-11(9-16-2)17-10-12(15)8-13-4-7-18-6-3-5-14/h11-15H,3-10H2,1-2H3. The van der Waals surface area contributed by atoms with Gasteiger partial charge in [-0.05, 0) is 19.1 Å². The first-order valence-corrected chi connectivity index (χ1v) is 7.54. The second-order valence-corrected chi connectivity index (χ2v) is 5.37. The fraction of sp³-hybridized carbons (Fsp3) is 1.00. The number of rotatable bonds is 13. The highest BCUT2D eigenvalue weighted by Crippen LogP contribution is 2.00. The Balaban J connectivity index is 3.23. The van der Waals surface area contributed by atoms with Crippen molar-refractivity contribution in [2.24, 2.45) is 0 Å². The van der Waals surface area contributed by atoms with Crippen LogP contribution in [0.2, 0.25) is 0 Å². The summed E-state index contributed by atoms with van der Waals surface area (Å²) >= 11 is 1.80. The van der Waals surface area contributed by atoms with Crippen molar-refractivity contribution in [3.8, 4) is 0 Å². The van der Waals surface area contributed by atoms with Gasteiger partial charge in [0.1, 0.15) is 0 Å². The van der Waals surface area contributed by atoms with Crippen LogP contribution in [0.4, 0.5) is 0 Å². The summed E-state index contributed by atoms with van der Waals surface area (Å²) in [4.78, 5) is 0. The molecule has 0 saturated carbocycles. The van der Waals surface area contributed by atoms with Gasteiger partial charge in [-0.3, -0.25) is 0 Å². The van der Waals surface area contributed by atoms with Gasteiger partial charge in [-0.2, -0.15) is 11.8 Å². The lowest BCUT2D eigenvalue weighted by Gasteiger charge is -2.16. The van der Waals surface area contributed by atoms with Crippen LogP contribution in [-0.2, 0) is 9.47 Å². The molecule has 5 nitrogen and oxygen atoms in total. The van der Waals surface area contributed by atoms with Crippen LogP contribution < -0.4 is 5.32 Å². The Labute approximate surface area is 114 Å². The second-order valence-electron chi connectivity index (χ2n) is 4.15. The predicted molar refractivity (Wildman–Crippen MR) is 75.2 cm³/mol. The van der Waals surface area contributed by atoms with Crippen molar-refractivity contribution in [3.05, 3.63) is 0 Å². The van der Waals surface area contributed by atoms with E-state index in [1.807, 2.05) is 6.92 Å². The molecule has 0 saturated heterocycles. The number of ether oxygens (including phenoxy) is 2. The molecule has 18 heavy (non-hydrogen) atoms. The monoisotopic (exact) mass is 281 g/mol.